The Balaban J connectivity index is 0. The van der Waals surface area contributed by atoms with Crippen LogP contribution in [0.25, 0.3) is 0 Å². The number of hydrogen-bond acceptors (Lipinski definition) is 3. The molecule has 0 atom stereocenters. The third-order valence-corrected chi connectivity index (χ3v) is 1.46. The quantitative estimate of drug-likeness (QED) is 0.386. The Labute approximate surface area is 90.3 Å². The molecule has 1 aromatic rings. The Morgan fingerprint density at radius 2 is 1.40 bits per heavy atom. The number of halogens is 4. The van der Waals surface area contributed by atoms with Gasteiger partial charge >= 0.3 is 5.51 Å². The van der Waals surface area contributed by atoms with Crippen LogP contribution in [0.1, 0.15) is 0 Å². The van der Waals surface area contributed by atoms with E-state index in [-0.39, 0.29) is 12.4 Å². The smallest absolute Gasteiger partial charge is 0.485 e. The number of hydrogen-bond donors (Lipinski definition) is 0. The topological polar surface area (TPSA) is 71.3 Å². The maximum absolute atomic E-state index is 10.7. The summed E-state index contributed by atoms with van der Waals surface area (Å²) in [5, 5.41) is 0. The fraction of sp³-hybridized carbons (Fsp3) is 0.167. The van der Waals surface area contributed by atoms with Crippen molar-refractivity contribution in [2.45, 2.75) is 5.51 Å². The van der Waals surface area contributed by atoms with Crippen molar-refractivity contribution in [3.8, 4) is 0 Å². The van der Waals surface area contributed by atoms with Gasteiger partial charge in [0.2, 0.25) is 0 Å². The van der Waals surface area contributed by atoms with E-state index in [4.69, 9.17) is 13.0 Å². The standard InChI is InChI=1S/C5H5N.CHF3O3S.ClH/c1-2-4-6-5-3-1;2-1(3,4)8(5,6)7;/h1-5H;(H,5,6,7);1H/p-1. The highest BCUT2D eigenvalue weighted by atomic mass is 35.5. The lowest BCUT2D eigenvalue weighted by atomic mass is 10.5. The van der Waals surface area contributed by atoms with Crippen LogP contribution in [0.15, 0.2) is 30.6 Å². The van der Waals surface area contributed by atoms with Crippen LogP contribution in [0, 0.1) is 0 Å². The Hall–Kier alpha value is -0.860. The van der Waals surface area contributed by atoms with E-state index in [1.807, 2.05) is 30.6 Å². The molecule has 88 valence electrons. The molecule has 9 heteroatoms. The summed E-state index contributed by atoms with van der Waals surface area (Å²) in [6.07, 6.45) is 3.75. The van der Waals surface area contributed by atoms with Crippen molar-refractivity contribution in [2.75, 3.05) is 0 Å². The summed E-state index contributed by atoms with van der Waals surface area (Å²) in [5.74, 6) is 0. The maximum atomic E-state index is 10.7. The first-order valence-electron chi connectivity index (χ1n) is 3.18. The highest BCUT2D eigenvalue weighted by Crippen LogP contribution is 2.20. The zero-order valence-corrected chi connectivity index (χ0v) is 8.60. The SMILES string of the molecule is O=S(=O)([O-])C(F)(F)F.[Cl-].c1cc[nH+]cc1. The van der Waals surface area contributed by atoms with Gasteiger partial charge in [-0.2, -0.15) is 13.2 Å². The van der Waals surface area contributed by atoms with Crippen molar-refractivity contribution in [2.24, 2.45) is 0 Å². The molecule has 0 aliphatic rings. The summed E-state index contributed by atoms with van der Waals surface area (Å²) in [7, 11) is -6.09. The number of H-pyrrole nitrogens is 1. The van der Waals surface area contributed by atoms with Crippen LogP contribution >= 0.6 is 0 Å². The van der Waals surface area contributed by atoms with Gasteiger partial charge in [-0.3, -0.25) is 0 Å². The highest BCUT2D eigenvalue weighted by molar-refractivity contribution is 7.86. The van der Waals surface area contributed by atoms with Crippen molar-refractivity contribution in [3.05, 3.63) is 30.6 Å². The van der Waals surface area contributed by atoms with Gasteiger partial charge in [-0.1, -0.05) is 6.07 Å². The predicted octanol–water partition coefficient (Wildman–Crippen LogP) is -2.44. The summed E-state index contributed by atoms with van der Waals surface area (Å²) in [4.78, 5) is 2.89. The van der Waals surface area contributed by atoms with Gasteiger partial charge in [0.25, 0.3) is 0 Å². The molecule has 1 N–H and O–H groups in total. The van der Waals surface area contributed by atoms with E-state index in [1.54, 1.807) is 0 Å². The Morgan fingerprint density at radius 1 is 1.07 bits per heavy atom. The second-order valence-electron chi connectivity index (χ2n) is 1.98. The Bertz CT molecular complexity index is 327. The van der Waals surface area contributed by atoms with Crippen LogP contribution in [0.2, 0.25) is 0 Å². The van der Waals surface area contributed by atoms with E-state index in [9.17, 15) is 13.2 Å². The van der Waals surface area contributed by atoms with E-state index < -0.39 is 15.6 Å². The fourth-order valence-corrected chi connectivity index (χ4v) is 0.342. The van der Waals surface area contributed by atoms with Crippen molar-refractivity contribution in [3.63, 3.8) is 0 Å². The molecule has 0 spiro atoms. The lowest BCUT2D eigenvalue weighted by molar-refractivity contribution is -0.377. The number of pyridine rings is 1. The molecule has 0 radical (unpaired) electrons. The molecule has 0 amide bonds. The van der Waals surface area contributed by atoms with Crippen LogP contribution in [-0.2, 0) is 10.1 Å². The predicted molar refractivity (Wildman–Crippen MR) is 38.7 cm³/mol. The van der Waals surface area contributed by atoms with Gasteiger partial charge in [0.05, 0.1) is 0 Å². The van der Waals surface area contributed by atoms with E-state index in [1.165, 1.54) is 0 Å². The largest absolute Gasteiger partial charge is 1.00 e. The number of aromatic nitrogens is 1. The zero-order valence-electron chi connectivity index (χ0n) is 7.03. The molecule has 15 heavy (non-hydrogen) atoms. The van der Waals surface area contributed by atoms with Gasteiger partial charge in [0.15, 0.2) is 22.5 Å². The lowest BCUT2D eigenvalue weighted by Crippen LogP contribution is -3.00. The minimum absolute atomic E-state index is 0. The van der Waals surface area contributed by atoms with E-state index in [0.717, 1.165) is 0 Å². The number of aromatic amines is 1. The summed E-state index contributed by atoms with van der Waals surface area (Å²) in [6, 6.07) is 5.86. The number of rotatable bonds is 0. The van der Waals surface area contributed by atoms with E-state index in [0.29, 0.717) is 0 Å². The van der Waals surface area contributed by atoms with Gasteiger partial charge in [0.1, 0.15) is 0 Å². The van der Waals surface area contributed by atoms with Crippen molar-refractivity contribution < 1.29 is 43.5 Å². The summed E-state index contributed by atoms with van der Waals surface area (Å²) in [6.45, 7) is 0. The summed E-state index contributed by atoms with van der Waals surface area (Å²) in [5.41, 5.74) is -5.65. The van der Waals surface area contributed by atoms with Crippen LogP contribution in [0.4, 0.5) is 13.2 Å². The second-order valence-corrected chi connectivity index (χ2v) is 3.35. The molecule has 0 unspecified atom stereocenters. The molecule has 0 aliphatic heterocycles. The molecule has 1 heterocycles. The molecule has 0 bridgehead atoms. The van der Waals surface area contributed by atoms with Crippen molar-refractivity contribution in [1.29, 1.82) is 0 Å². The minimum atomic E-state index is -6.09. The first-order chi connectivity index (χ1) is 6.25. The van der Waals surface area contributed by atoms with Gasteiger partial charge in [-0.15, -0.1) is 0 Å². The van der Waals surface area contributed by atoms with E-state index >= 15 is 0 Å². The number of alkyl halides is 3. The summed E-state index contributed by atoms with van der Waals surface area (Å²) >= 11 is 0. The van der Waals surface area contributed by atoms with Crippen LogP contribution in [0.3, 0.4) is 0 Å². The van der Waals surface area contributed by atoms with Crippen LogP contribution in [-0.4, -0.2) is 18.5 Å². The zero-order chi connectivity index (χ0) is 11.2. The van der Waals surface area contributed by atoms with Crippen LogP contribution in [0.5, 0.6) is 0 Å². The molecule has 0 fully saturated rings. The van der Waals surface area contributed by atoms with Gasteiger partial charge in [-0.05, 0) is 0 Å². The molecule has 0 saturated carbocycles. The molecule has 0 aliphatic carbocycles. The van der Waals surface area contributed by atoms with Crippen LogP contribution < -0.4 is 17.4 Å². The normalized spacial score (nSPS) is 10.7. The first kappa shape index (κ1) is 16.6. The first-order valence-corrected chi connectivity index (χ1v) is 4.59. The minimum Gasteiger partial charge on any atom is -1.00 e. The summed E-state index contributed by atoms with van der Waals surface area (Å²) < 4.78 is 58.9. The molecule has 1 rings (SSSR count). The van der Waals surface area contributed by atoms with Gasteiger partial charge in [0, 0.05) is 12.1 Å². The lowest BCUT2D eigenvalue weighted by Gasteiger charge is -2.08. The Kier molecular flexibility index (Phi) is 7.28. The average molecular weight is 265 g/mol. The highest BCUT2D eigenvalue weighted by Gasteiger charge is 2.36. The third kappa shape index (κ3) is 8.16. The monoisotopic (exact) mass is 264 g/mol. The third-order valence-electron chi connectivity index (χ3n) is 0.891. The molecule has 1 aromatic heterocycles. The molecular formula is C6H6ClF3NO3S-. The second kappa shape index (κ2) is 6.59. The van der Waals surface area contributed by atoms with Crippen molar-refractivity contribution in [1.82, 2.24) is 0 Å². The van der Waals surface area contributed by atoms with E-state index in [2.05, 4.69) is 4.98 Å². The average Bonchev–Trinajstić information content (AvgIpc) is 2.05. The molecule has 0 saturated heterocycles. The molecule has 4 nitrogen and oxygen atoms in total. The maximum Gasteiger partial charge on any atom is 0.485 e. The van der Waals surface area contributed by atoms with Gasteiger partial charge < -0.3 is 17.0 Å². The number of nitrogens with one attached hydrogen (secondary N) is 1. The van der Waals surface area contributed by atoms with Crippen molar-refractivity contribution >= 4 is 10.1 Å². The Morgan fingerprint density at radius 3 is 1.47 bits per heavy atom. The van der Waals surface area contributed by atoms with Gasteiger partial charge in [-0.25, -0.2) is 13.4 Å². The molecule has 0 aromatic carbocycles. The molecular weight excluding hydrogens is 259 g/mol. The fourth-order valence-electron chi connectivity index (χ4n) is 0.342.